The van der Waals surface area contributed by atoms with Crippen LogP contribution in [0.1, 0.15) is 42.7 Å². The molecule has 1 atom stereocenters. The summed E-state index contributed by atoms with van der Waals surface area (Å²) in [5.41, 5.74) is 0.882. The van der Waals surface area contributed by atoms with Gasteiger partial charge < -0.3 is 15.3 Å². The van der Waals surface area contributed by atoms with Gasteiger partial charge in [0.2, 0.25) is 0 Å². The van der Waals surface area contributed by atoms with Gasteiger partial charge >= 0.3 is 5.97 Å². The molecule has 1 heterocycles. The molecule has 26 heavy (non-hydrogen) atoms. The number of fused-ring (bicyclic) bond motifs is 1. The average Bonchev–Trinajstić information content (AvgIpc) is 2.95. The fourth-order valence-electron chi connectivity index (χ4n) is 3.09. The van der Waals surface area contributed by atoms with Crippen molar-refractivity contribution in [3.8, 4) is 11.5 Å². The topological polar surface area (TPSA) is 77.8 Å². The molecule has 136 valence electrons. The SMILES string of the molecule is CC(C)c1ccc(C(C)(Cc2cc3cc(O)c(O)cc3s2)C(=O)O)cc1. The zero-order valence-corrected chi connectivity index (χ0v) is 15.8. The lowest BCUT2D eigenvalue weighted by atomic mass is 9.78. The van der Waals surface area contributed by atoms with Crippen LogP contribution in [0.2, 0.25) is 0 Å². The van der Waals surface area contributed by atoms with Gasteiger partial charge in [-0.1, -0.05) is 38.1 Å². The zero-order chi connectivity index (χ0) is 19.1. The van der Waals surface area contributed by atoms with Crippen LogP contribution in [0.25, 0.3) is 10.1 Å². The van der Waals surface area contributed by atoms with Gasteiger partial charge in [-0.2, -0.15) is 0 Å². The Labute approximate surface area is 156 Å². The van der Waals surface area contributed by atoms with E-state index in [1.165, 1.54) is 29.0 Å². The number of aliphatic carboxylic acids is 1. The Balaban J connectivity index is 1.98. The normalized spacial score (nSPS) is 13.8. The first-order valence-corrected chi connectivity index (χ1v) is 9.30. The zero-order valence-electron chi connectivity index (χ0n) is 15.0. The van der Waals surface area contributed by atoms with Crippen LogP contribution < -0.4 is 0 Å². The molecule has 0 radical (unpaired) electrons. The molecule has 3 rings (SSSR count). The fraction of sp³-hybridized carbons (Fsp3) is 0.286. The predicted molar refractivity (Wildman–Crippen MR) is 104 cm³/mol. The fourth-order valence-corrected chi connectivity index (χ4v) is 4.33. The quantitative estimate of drug-likeness (QED) is 0.551. The van der Waals surface area contributed by atoms with Gasteiger partial charge in [0.15, 0.2) is 11.5 Å². The summed E-state index contributed by atoms with van der Waals surface area (Å²) >= 11 is 1.43. The Morgan fingerprint density at radius 3 is 2.27 bits per heavy atom. The second-order valence-electron chi connectivity index (χ2n) is 7.18. The first-order valence-electron chi connectivity index (χ1n) is 8.49. The monoisotopic (exact) mass is 370 g/mol. The van der Waals surface area contributed by atoms with E-state index < -0.39 is 11.4 Å². The highest BCUT2D eigenvalue weighted by Crippen LogP contribution is 2.38. The number of carbonyl (C=O) groups is 1. The van der Waals surface area contributed by atoms with E-state index in [0.29, 0.717) is 12.3 Å². The van der Waals surface area contributed by atoms with E-state index >= 15 is 0 Å². The Morgan fingerprint density at radius 2 is 1.69 bits per heavy atom. The molecular weight excluding hydrogens is 348 g/mol. The maximum absolute atomic E-state index is 12.1. The first-order chi connectivity index (χ1) is 12.2. The van der Waals surface area contributed by atoms with Gasteiger partial charge in [0, 0.05) is 22.1 Å². The largest absolute Gasteiger partial charge is 0.504 e. The Bertz CT molecular complexity index is 917. The van der Waals surface area contributed by atoms with Gasteiger partial charge in [-0.15, -0.1) is 11.3 Å². The molecule has 0 saturated heterocycles. The lowest BCUT2D eigenvalue weighted by Gasteiger charge is -2.25. The standard InChI is InChI=1S/C21H22O4S/c1-12(2)13-4-6-15(7-5-13)21(3,20(24)25)11-16-8-14-9-17(22)18(23)10-19(14)26-16/h4-10,12,22-23H,11H2,1-3H3,(H,24,25). The summed E-state index contributed by atoms with van der Waals surface area (Å²) in [7, 11) is 0. The Morgan fingerprint density at radius 1 is 1.08 bits per heavy atom. The Kier molecular flexibility index (Phi) is 4.67. The third-order valence-corrected chi connectivity index (χ3v) is 5.98. The lowest BCUT2D eigenvalue weighted by Crippen LogP contribution is -2.34. The van der Waals surface area contributed by atoms with Crippen LogP contribution in [-0.2, 0) is 16.6 Å². The molecule has 0 aliphatic heterocycles. The van der Waals surface area contributed by atoms with Crippen molar-refractivity contribution < 1.29 is 20.1 Å². The molecule has 0 saturated carbocycles. The highest BCUT2D eigenvalue weighted by molar-refractivity contribution is 7.19. The lowest BCUT2D eigenvalue weighted by molar-refractivity contribution is -0.143. The highest BCUT2D eigenvalue weighted by atomic mass is 32.1. The third-order valence-electron chi connectivity index (χ3n) is 4.88. The van der Waals surface area contributed by atoms with Crippen LogP contribution in [0.3, 0.4) is 0 Å². The second kappa shape index (κ2) is 6.65. The van der Waals surface area contributed by atoms with Crippen LogP contribution in [-0.4, -0.2) is 21.3 Å². The molecule has 1 aromatic heterocycles. The molecule has 3 N–H and O–H groups in total. The summed E-state index contributed by atoms with van der Waals surface area (Å²) in [4.78, 5) is 13.0. The average molecular weight is 370 g/mol. The number of hydrogen-bond donors (Lipinski definition) is 3. The molecule has 3 aromatic rings. The molecular formula is C21H22O4S. The summed E-state index contributed by atoms with van der Waals surface area (Å²) in [6.07, 6.45) is 0.338. The van der Waals surface area contributed by atoms with Gasteiger partial charge in [-0.05, 0) is 41.5 Å². The van der Waals surface area contributed by atoms with Gasteiger partial charge in [-0.3, -0.25) is 4.79 Å². The number of carboxylic acids is 1. The van der Waals surface area contributed by atoms with Crippen LogP contribution in [0.4, 0.5) is 0 Å². The minimum absolute atomic E-state index is 0.170. The van der Waals surface area contributed by atoms with Gasteiger partial charge in [0.1, 0.15) is 0 Å². The molecule has 0 aliphatic rings. The minimum Gasteiger partial charge on any atom is -0.504 e. The molecule has 0 amide bonds. The molecule has 0 spiro atoms. The summed E-state index contributed by atoms with van der Waals surface area (Å²) in [5.74, 6) is -0.829. The number of carboxylic acid groups (broad SMARTS) is 1. The van der Waals surface area contributed by atoms with E-state index in [1.54, 1.807) is 6.92 Å². The molecule has 5 heteroatoms. The van der Waals surface area contributed by atoms with Crippen molar-refractivity contribution in [1.82, 2.24) is 0 Å². The first kappa shape index (κ1) is 18.3. The van der Waals surface area contributed by atoms with Crippen molar-refractivity contribution >= 4 is 27.4 Å². The summed E-state index contributed by atoms with van der Waals surface area (Å²) in [6.45, 7) is 5.94. The van der Waals surface area contributed by atoms with Crippen molar-refractivity contribution in [2.75, 3.05) is 0 Å². The molecule has 2 aromatic carbocycles. The number of phenols is 2. The number of benzene rings is 2. The van der Waals surface area contributed by atoms with Crippen LogP contribution in [0, 0.1) is 0 Å². The van der Waals surface area contributed by atoms with Gasteiger partial charge in [0.05, 0.1) is 5.41 Å². The molecule has 1 unspecified atom stereocenters. The van der Waals surface area contributed by atoms with E-state index in [1.807, 2.05) is 30.3 Å². The van der Waals surface area contributed by atoms with Gasteiger partial charge in [0.25, 0.3) is 0 Å². The van der Waals surface area contributed by atoms with E-state index in [4.69, 9.17) is 0 Å². The number of rotatable bonds is 5. The van der Waals surface area contributed by atoms with Crippen molar-refractivity contribution in [1.29, 1.82) is 0 Å². The van der Waals surface area contributed by atoms with E-state index in [0.717, 1.165) is 20.5 Å². The second-order valence-corrected chi connectivity index (χ2v) is 8.35. The van der Waals surface area contributed by atoms with Crippen LogP contribution in [0.5, 0.6) is 11.5 Å². The minimum atomic E-state index is -1.06. The molecule has 0 bridgehead atoms. The van der Waals surface area contributed by atoms with E-state index in [9.17, 15) is 20.1 Å². The third kappa shape index (κ3) is 3.27. The van der Waals surface area contributed by atoms with Crippen molar-refractivity contribution in [3.63, 3.8) is 0 Å². The van der Waals surface area contributed by atoms with Gasteiger partial charge in [-0.25, -0.2) is 0 Å². The highest BCUT2D eigenvalue weighted by Gasteiger charge is 2.36. The number of aromatic hydroxyl groups is 2. The molecule has 0 fully saturated rings. The summed E-state index contributed by atoms with van der Waals surface area (Å²) in [6, 6.07) is 12.7. The van der Waals surface area contributed by atoms with Crippen molar-refractivity contribution in [3.05, 3.63) is 58.5 Å². The maximum Gasteiger partial charge on any atom is 0.314 e. The van der Waals surface area contributed by atoms with Crippen molar-refractivity contribution in [2.24, 2.45) is 0 Å². The summed E-state index contributed by atoms with van der Waals surface area (Å²) in [5, 5.41) is 30.0. The van der Waals surface area contributed by atoms with Crippen LogP contribution in [0.15, 0.2) is 42.5 Å². The Hall–Kier alpha value is -2.53. The van der Waals surface area contributed by atoms with Crippen LogP contribution >= 0.6 is 11.3 Å². The van der Waals surface area contributed by atoms with E-state index in [2.05, 4.69) is 13.8 Å². The van der Waals surface area contributed by atoms with Crippen molar-refractivity contribution in [2.45, 2.75) is 38.5 Å². The molecule has 4 nitrogen and oxygen atoms in total. The number of thiophene rings is 1. The molecule has 0 aliphatic carbocycles. The number of phenolic OH excluding ortho intramolecular Hbond substituents is 2. The predicted octanol–water partition coefficient (Wildman–Crippen LogP) is 5.02. The summed E-state index contributed by atoms with van der Waals surface area (Å²) < 4.78 is 0.818. The smallest absolute Gasteiger partial charge is 0.314 e. The number of hydrogen-bond acceptors (Lipinski definition) is 4. The maximum atomic E-state index is 12.1. The van der Waals surface area contributed by atoms with E-state index in [-0.39, 0.29) is 11.5 Å².